The maximum absolute atomic E-state index is 12.6. The number of benzene rings is 1. The number of rotatable bonds is 3. The first-order chi connectivity index (χ1) is 12.6. The van der Waals surface area contributed by atoms with Crippen LogP contribution in [0.15, 0.2) is 41.3 Å². The van der Waals surface area contributed by atoms with Crippen LogP contribution in [0.2, 0.25) is 4.34 Å². The fourth-order valence-electron chi connectivity index (χ4n) is 2.68. The second-order valence-electron chi connectivity index (χ2n) is 5.82. The van der Waals surface area contributed by atoms with Crippen LogP contribution >= 0.6 is 22.9 Å². The second-order valence-corrected chi connectivity index (χ2v) is 9.48. The summed E-state index contributed by atoms with van der Waals surface area (Å²) in [5.41, 5.74) is -0.911. The van der Waals surface area contributed by atoms with Crippen molar-refractivity contribution in [3.63, 3.8) is 0 Å². The van der Waals surface area contributed by atoms with Crippen LogP contribution in [0.4, 0.5) is 13.2 Å². The van der Waals surface area contributed by atoms with Gasteiger partial charge in [0.05, 0.1) is 19.7 Å². The molecule has 0 bridgehead atoms. The van der Waals surface area contributed by atoms with E-state index < -0.39 is 21.8 Å². The van der Waals surface area contributed by atoms with E-state index in [0.717, 1.165) is 35.6 Å². The van der Waals surface area contributed by atoms with Crippen molar-refractivity contribution in [2.45, 2.75) is 11.1 Å². The number of halogens is 4. The molecule has 0 unspecified atom stereocenters. The summed E-state index contributed by atoms with van der Waals surface area (Å²) in [7, 11) is -3.92. The third-order valence-electron chi connectivity index (χ3n) is 4.13. The van der Waals surface area contributed by atoms with Crippen molar-refractivity contribution in [2.75, 3.05) is 26.2 Å². The molecule has 1 aromatic carbocycles. The van der Waals surface area contributed by atoms with Crippen LogP contribution in [0.1, 0.15) is 15.2 Å². The van der Waals surface area contributed by atoms with Gasteiger partial charge in [0.15, 0.2) is 0 Å². The number of hydrogen-bond donors (Lipinski definition) is 0. The van der Waals surface area contributed by atoms with Crippen LogP contribution in [0, 0.1) is 0 Å². The van der Waals surface area contributed by atoms with Crippen LogP contribution in [0.25, 0.3) is 0 Å². The Morgan fingerprint density at radius 1 is 1.00 bits per heavy atom. The molecule has 0 spiro atoms. The van der Waals surface area contributed by atoms with Gasteiger partial charge in [-0.2, -0.15) is 17.5 Å². The van der Waals surface area contributed by atoms with Gasteiger partial charge in [-0.05, 0) is 36.4 Å². The summed E-state index contributed by atoms with van der Waals surface area (Å²) in [5.74, 6) is -0.224. The summed E-state index contributed by atoms with van der Waals surface area (Å²) in [6.07, 6.45) is -4.53. The molecule has 5 nitrogen and oxygen atoms in total. The average molecular weight is 439 g/mol. The van der Waals surface area contributed by atoms with E-state index >= 15 is 0 Å². The molecule has 1 aliphatic heterocycles. The summed E-state index contributed by atoms with van der Waals surface area (Å²) in [4.78, 5) is 14.2. The first kappa shape index (κ1) is 20.1. The lowest BCUT2D eigenvalue weighted by Crippen LogP contribution is -2.50. The number of carbonyl (C=O) groups excluding carboxylic acids is 1. The third-order valence-corrected chi connectivity index (χ3v) is 7.26. The van der Waals surface area contributed by atoms with Gasteiger partial charge < -0.3 is 4.90 Å². The number of carbonyl (C=O) groups is 1. The number of amides is 1. The lowest BCUT2D eigenvalue weighted by molar-refractivity contribution is -0.137. The third kappa shape index (κ3) is 4.29. The zero-order chi connectivity index (χ0) is 19.8. The molecule has 0 atom stereocenters. The van der Waals surface area contributed by atoms with E-state index in [1.165, 1.54) is 9.21 Å². The van der Waals surface area contributed by atoms with Crippen molar-refractivity contribution in [1.29, 1.82) is 0 Å². The molecule has 27 heavy (non-hydrogen) atoms. The topological polar surface area (TPSA) is 57.7 Å². The Kier molecular flexibility index (Phi) is 5.53. The zero-order valence-corrected chi connectivity index (χ0v) is 16.1. The molecule has 1 amide bonds. The normalized spacial score (nSPS) is 16.5. The quantitative estimate of drug-likeness (QED) is 0.736. The summed E-state index contributed by atoms with van der Waals surface area (Å²) in [6, 6.07) is 6.61. The Balaban J connectivity index is 1.68. The Bertz CT molecular complexity index is 935. The van der Waals surface area contributed by atoms with Gasteiger partial charge >= 0.3 is 6.18 Å². The molecule has 0 radical (unpaired) electrons. The largest absolute Gasteiger partial charge is 0.416 e. The second kappa shape index (κ2) is 7.42. The van der Waals surface area contributed by atoms with Crippen molar-refractivity contribution < 1.29 is 26.4 Å². The summed E-state index contributed by atoms with van der Waals surface area (Å²) >= 11 is 6.97. The molecule has 0 aliphatic carbocycles. The molecule has 146 valence electrons. The predicted molar refractivity (Wildman–Crippen MR) is 95.4 cm³/mol. The smallest absolute Gasteiger partial charge is 0.335 e. The minimum atomic E-state index is -4.53. The maximum Gasteiger partial charge on any atom is 0.416 e. The Morgan fingerprint density at radius 2 is 1.59 bits per heavy atom. The molecule has 1 saturated heterocycles. The first-order valence-corrected chi connectivity index (χ1v) is 10.4. The van der Waals surface area contributed by atoms with Crippen LogP contribution in [-0.4, -0.2) is 49.7 Å². The van der Waals surface area contributed by atoms with E-state index in [4.69, 9.17) is 11.6 Å². The van der Waals surface area contributed by atoms with Gasteiger partial charge in [0.2, 0.25) is 10.0 Å². The maximum atomic E-state index is 12.6. The average Bonchev–Trinajstić information content (AvgIpc) is 3.07. The van der Waals surface area contributed by atoms with Crippen LogP contribution < -0.4 is 0 Å². The predicted octanol–water partition coefficient (Wildman–Crippen LogP) is 3.57. The fraction of sp³-hybridized carbons (Fsp3) is 0.312. The van der Waals surface area contributed by atoms with E-state index in [0.29, 0.717) is 9.21 Å². The van der Waals surface area contributed by atoms with Gasteiger partial charge in [0.1, 0.15) is 0 Å². The minimum Gasteiger partial charge on any atom is -0.335 e. The molecule has 3 rings (SSSR count). The Hall–Kier alpha value is -1.62. The molecule has 2 heterocycles. The highest BCUT2D eigenvalue weighted by Gasteiger charge is 2.33. The molecule has 1 aliphatic rings. The van der Waals surface area contributed by atoms with E-state index in [-0.39, 0.29) is 37.0 Å². The fourth-order valence-corrected chi connectivity index (χ4v) is 5.11. The molecule has 1 aromatic heterocycles. The SMILES string of the molecule is O=C(c1ccc(Cl)s1)N1CCN(S(=O)(=O)c2ccc(C(F)(F)F)cc2)CC1. The van der Waals surface area contributed by atoms with Crippen LogP contribution in [-0.2, 0) is 16.2 Å². The number of sulfonamides is 1. The van der Waals surface area contributed by atoms with E-state index in [1.54, 1.807) is 12.1 Å². The van der Waals surface area contributed by atoms with Gasteiger partial charge in [0, 0.05) is 26.2 Å². The van der Waals surface area contributed by atoms with Crippen molar-refractivity contribution in [3.8, 4) is 0 Å². The minimum absolute atomic E-state index is 0.0637. The van der Waals surface area contributed by atoms with Gasteiger partial charge in [0.25, 0.3) is 5.91 Å². The van der Waals surface area contributed by atoms with Crippen molar-refractivity contribution in [2.24, 2.45) is 0 Å². The van der Waals surface area contributed by atoms with Gasteiger partial charge in [-0.25, -0.2) is 8.42 Å². The van der Waals surface area contributed by atoms with Crippen LogP contribution in [0.3, 0.4) is 0 Å². The van der Waals surface area contributed by atoms with Gasteiger partial charge in [-0.3, -0.25) is 4.79 Å². The number of hydrogen-bond acceptors (Lipinski definition) is 4. The lowest BCUT2D eigenvalue weighted by Gasteiger charge is -2.33. The number of nitrogens with zero attached hydrogens (tertiary/aromatic N) is 2. The molecular weight excluding hydrogens is 425 g/mol. The van der Waals surface area contributed by atoms with Crippen LogP contribution in [0.5, 0.6) is 0 Å². The molecule has 11 heteroatoms. The molecule has 1 fully saturated rings. The molecule has 0 N–H and O–H groups in total. The summed E-state index contributed by atoms with van der Waals surface area (Å²) < 4.78 is 64.8. The van der Waals surface area contributed by atoms with E-state index in [2.05, 4.69) is 0 Å². The van der Waals surface area contributed by atoms with Crippen molar-refractivity contribution in [3.05, 3.63) is 51.2 Å². The first-order valence-electron chi connectivity index (χ1n) is 7.81. The van der Waals surface area contributed by atoms with Crippen molar-refractivity contribution >= 4 is 38.9 Å². The molecular formula is C16H14ClF3N2O3S2. The highest BCUT2D eigenvalue weighted by Crippen LogP contribution is 2.30. The zero-order valence-electron chi connectivity index (χ0n) is 13.7. The summed E-state index contributed by atoms with van der Waals surface area (Å²) in [6.45, 7) is 0.505. The molecule has 2 aromatic rings. The number of thiophene rings is 1. The summed E-state index contributed by atoms with van der Waals surface area (Å²) in [5, 5.41) is 0. The van der Waals surface area contributed by atoms with E-state index in [9.17, 15) is 26.4 Å². The van der Waals surface area contributed by atoms with Crippen molar-refractivity contribution in [1.82, 2.24) is 9.21 Å². The number of alkyl halides is 3. The number of piperazine rings is 1. The molecule has 0 saturated carbocycles. The van der Waals surface area contributed by atoms with Gasteiger partial charge in [-0.15, -0.1) is 11.3 Å². The van der Waals surface area contributed by atoms with E-state index in [1.807, 2.05) is 0 Å². The van der Waals surface area contributed by atoms with Gasteiger partial charge in [-0.1, -0.05) is 11.6 Å². The lowest BCUT2D eigenvalue weighted by atomic mass is 10.2. The highest BCUT2D eigenvalue weighted by atomic mass is 35.5. The highest BCUT2D eigenvalue weighted by molar-refractivity contribution is 7.89. The Labute approximate surface area is 163 Å². The Morgan fingerprint density at radius 3 is 2.07 bits per heavy atom. The standard InChI is InChI=1S/C16H14ClF3N2O3S2/c17-14-6-5-13(26-14)15(23)21-7-9-22(10-8-21)27(24,25)12-3-1-11(2-4-12)16(18,19)20/h1-6H,7-10H2. The monoisotopic (exact) mass is 438 g/mol.